The van der Waals surface area contributed by atoms with Gasteiger partial charge in [0.2, 0.25) is 0 Å². The van der Waals surface area contributed by atoms with E-state index in [9.17, 15) is 4.79 Å². The standard InChI is InChI=1S/C16H24INO4/c1-11(9-18)7-12-3-5-14-16(10-17,22-12)8-13(21-14)4-6-15(19)20-2/h11-14H,3-8,10H2,1-2H3/t11-,12?,13?,14?,16-/m1/s1. The lowest BCUT2D eigenvalue weighted by atomic mass is 9.86. The number of esters is 1. The molecule has 0 saturated carbocycles. The molecule has 22 heavy (non-hydrogen) atoms. The zero-order valence-electron chi connectivity index (χ0n) is 13.2. The molecule has 0 bridgehead atoms. The molecular formula is C16H24INO4. The molecule has 0 N–H and O–H groups in total. The van der Waals surface area contributed by atoms with Gasteiger partial charge in [-0.15, -0.1) is 0 Å². The SMILES string of the molecule is COC(=O)CCC1C[C@]2(CI)OC(C[C@@H](C)C#N)CCC2O1. The third-order valence-electron chi connectivity index (χ3n) is 4.63. The minimum absolute atomic E-state index is 0.0188. The van der Waals surface area contributed by atoms with Gasteiger partial charge in [-0.05, 0) is 32.6 Å². The number of fused-ring (bicyclic) bond motifs is 1. The maximum absolute atomic E-state index is 11.3. The highest BCUT2D eigenvalue weighted by Crippen LogP contribution is 2.44. The molecule has 2 aliphatic rings. The zero-order valence-corrected chi connectivity index (χ0v) is 15.4. The topological polar surface area (TPSA) is 68.5 Å². The van der Waals surface area contributed by atoms with E-state index in [2.05, 4.69) is 28.7 Å². The number of nitrogens with zero attached hydrogens (tertiary/aromatic N) is 1. The molecule has 3 unspecified atom stereocenters. The third-order valence-corrected chi connectivity index (χ3v) is 5.92. The Balaban J connectivity index is 1.94. The van der Waals surface area contributed by atoms with Crippen molar-refractivity contribution >= 4 is 28.6 Å². The van der Waals surface area contributed by atoms with Crippen LogP contribution in [0.25, 0.3) is 0 Å². The molecule has 124 valence electrons. The highest BCUT2D eigenvalue weighted by Gasteiger charge is 2.52. The maximum Gasteiger partial charge on any atom is 0.305 e. The second-order valence-electron chi connectivity index (χ2n) is 6.35. The smallest absolute Gasteiger partial charge is 0.305 e. The second-order valence-corrected chi connectivity index (χ2v) is 7.11. The van der Waals surface area contributed by atoms with Gasteiger partial charge < -0.3 is 14.2 Å². The number of methoxy groups -OCH3 is 1. The number of hydrogen-bond donors (Lipinski definition) is 0. The first kappa shape index (κ1) is 18.0. The largest absolute Gasteiger partial charge is 0.469 e. The highest BCUT2D eigenvalue weighted by atomic mass is 127. The van der Waals surface area contributed by atoms with Gasteiger partial charge in [-0.2, -0.15) is 5.26 Å². The Bertz CT molecular complexity index is 438. The summed E-state index contributed by atoms with van der Waals surface area (Å²) < 4.78 is 18.1. The summed E-state index contributed by atoms with van der Waals surface area (Å²) in [5.74, 6) is -0.172. The fraction of sp³-hybridized carbons (Fsp3) is 0.875. The van der Waals surface area contributed by atoms with Gasteiger partial charge in [0.05, 0.1) is 31.5 Å². The van der Waals surface area contributed by atoms with E-state index >= 15 is 0 Å². The Morgan fingerprint density at radius 2 is 2.27 bits per heavy atom. The van der Waals surface area contributed by atoms with Crippen LogP contribution in [-0.2, 0) is 19.0 Å². The number of alkyl halides is 1. The third kappa shape index (κ3) is 4.12. The summed E-state index contributed by atoms with van der Waals surface area (Å²) >= 11 is 2.37. The number of hydrogen-bond acceptors (Lipinski definition) is 5. The average molecular weight is 421 g/mol. The van der Waals surface area contributed by atoms with Gasteiger partial charge in [0.1, 0.15) is 5.60 Å². The van der Waals surface area contributed by atoms with Crippen molar-refractivity contribution in [2.45, 2.75) is 69.4 Å². The molecule has 0 aliphatic carbocycles. The summed E-state index contributed by atoms with van der Waals surface area (Å²) in [4.78, 5) is 11.3. The van der Waals surface area contributed by atoms with Crippen molar-refractivity contribution in [3.05, 3.63) is 0 Å². The van der Waals surface area contributed by atoms with Crippen LogP contribution >= 0.6 is 22.6 Å². The summed E-state index contributed by atoms with van der Waals surface area (Å²) in [5, 5.41) is 8.99. The summed E-state index contributed by atoms with van der Waals surface area (Å²) in [6.45, 7) is 1.94. The molecule has 5 atom stereocenters. The van der Waals surface area contributed by atoms with E-state index in [0.717, 1.165) is 30.1 Å². The van der Waals surface area contributed by atoms with E-state index in [1.54, 1.807) is 0 Å². The molecule has 2 rings (SSSR count). The predicted octanol–water partition coefficient (Wildman–Crippen LogP) is 3.00. The first-order valence-corrected chi connectivity index (χ1v) is 9.41. The van der Waals surface area contributed by atoms with E-state index in [0.29, 0.717) is 12.8 Å². The first-order chi connectivity index (χ1) is 10.5. The summed E-state index contributed by atoms with van der Waals surface area (Å²) in [7, 11) is 1.41. The van der Waals surface area contributed by atoms with Gasteiger partial charge in [0, 0.05) is 23.2 Å². The van der Waals surface area contributed by atoms with E-state index in [-0.39, 0.29) is 35.8 Å². The monoisotopic (exact) mass is 421 g/mol. The van der Waals surface area contributed by atoms with Crippen molar-refractivity contribution < 1.29 is 19.0 Å². The summed E-state index contributed by atoms with van der Waals surface area (Å²) in [6, 6.07) is 2.29. The molecule has 2 fully saturated rings. The number of rotatable bonds is 6. The van der Waals surface area contributed by atoms with Crippen molar-refractivity contribution in [1.29, 1.82) is 5.26 Å². The van der Waals surface area contributed by atoms with Crippen LogP contribution in [0.3, 0.4) is 0 Å². The van der Waals surface area contributed by atoms with Crippen LogP contribution in [0.1, 0.15) is 45.4 Å². The molecule has 5 nitrogen and oxygen atoms in total. The first-order valence-electron chi connectivity index (χ1n) is 7.88. The Labute approximate surface area is 145 Å². The van der Waals surface area contributed by atoms with Crippen LogP contribution in [0.2, 0.25) is 0 Å². The van der Waals surface area contributed by atoms with Gasteiger partial charge in [0.25, 0.3) is 0 Å². The van der Waals surface area contributed by atoms with Crippen molar-refractivity contribution in [2.75, 3.05) is 11.5 Å². The minimum atomic E-state index is -0.251. The Kier molecular flexibility index (Phi) is 6.47. The number of nitriles is 1. The molecule has 0 aromatic carbocycles. The molecule has 2 saturated heterocycles. The molecule has 6 heteroatoms. The van der Waals surface area contributed by atoms with Gasteiger partial charge >= 0.3 is 5.97 Å². The Hall–Kier alpha value is -0.390. The van der Waals surface area contributed by atoms with Crippen molar-refractivity contribution in [3.63, 3.8) is 0 Å². The molecule has 0 aromatic rings. The van der Waals surface area contributed by atoms with Crippen molar-refractivity contribution in [1.82, 2.24) is 0 Å². The average Bonchev–Trinajstić information content (AvgIpc) is 2.90. The Morgan fingerprint density at radius 3 is 2.91 bits per heavy atom. The quantitative estimate of drug-likeness (QED) is 0.375. The molecule has 0 amide bonds. The van der Waals surface area contributed by atoms with Crippen LogP contribution in [0, 0.1) is 17.2 Å². The number of carbonyl (C=O) groups excluding carboxylic acids is 1. The lowest BCUT2D eigenvalue weighted by Gasteiger charge is -2.41. The summed E-state index contributed by atoms with van der Waals surface area (Å²) in [5.41, 5.74) is -0.251. The highest BCUT2D eigenvalue weighted by molar-refractivity contribution is 14.1. The normalized spacial score (nSPS) is 35.5. The fourth-order valence-corrected chi connectivity index (χ4v) is 4.42. The summed E-state index contributed by atoms with van der Waals surface area (Å²) in [6.07, 6.45) is 4.92. The van der Waals surface area contributed by atoms with Crippen molar-refractivity contribution in [3.8, 4) is 6.07 Å². The molecule has 2 heterocycles. The van der Waals surface area contributed by atoms with E-state index < -0.39 is 0 Å². The predicted molar refractivity (Wildman–Crippen MR) is 89.6 cm³/mol. The second kappa shape index (κ2) is 7.93. The zero-order chi connectivity index (χ0) is 16.2. The minimum Gasteiger partial charge on any atom is -0.469 e. The van der Waals surface area contributed by atoms with Gasteiger partial charge in [0.15, 0.2) is 0 Å². The lowest BCUT2D eigenvalue weighted by molar-refractivity contribution is -0.155. The van der Waals surface area contributed by atoms with Crippen LogP contribution in [-0.4, -0.2) is 41.4 Å². The Morgan fingerprint density at radius 1 is 1.50 bits per heavy atom. The van der Waals surface area contributed by atoms with Crippen LogP contribution in [0.4, 0.5) is 0 Å². The number of carbonyl (C=O) groups is 1. The van der Waals surface area contributed by atoms with E-state index in [4.69, 9.17) is 19.5 Å². The van der Waals surface area contributed by atoms with Gasteiger partial charge in [-0.3, -0.25) is 4.79 Å². The van der Waals surface area contributed by atoms with Crippen LogP contribution < -0.4 is 0 Å². The fourth-order valence-electron chi connectivity index (χ4n) is 3.44. The molecule has 0 aromatic heterocycles. The van der Waals surface area contributed by atoms with Crippen molar-refractivity contribution in [2.24, 2.45) is 5.92 Å². The molecule has 0 radical (unpaired) electrons. The van der Waals surface area contributed by atoms with E-state index in [1.165, 1.54) is 7.11 Å². The lowest BCUT2D eigenvalue weighted by Crippen LogP contribution is -2.50. The van der Waals surface area contributed by atoms with Crippen LogP contribution in [0.5, 0.6) is 0 Å². The molecule has 0 spiro atoms. The number of ether oxygens (including phenoxy) is 3. The number of halogens is 1. The van der Waals surface area contributed by atoms with E-state index in [1.807, 2.05) is 6.92 Å². The van der Waals surface area contributed by atoms with Crippen LogP contribution in [0.15, 0.2) is 0 Å². The molecule has 2 aliphatic heterocycles. The van der Waals surface area contributed by atoms with Gasteiger partial charge in [-0.25, -0.2) is 0 Å². The maximum atomic E-state index is 11.3. The van der Waals surface area contributed by atoms with Gasteiger partial charge in [-0.1, -0.05) is 22.6 Å². The molecular weight excluding hydrogens is 397 g/mol.